The second-order valence-electron chi connectivity index (χ2n) is 3.73. The van der Waals surface area contributed by atoms with Crippen LogP contribution in [0.2, 0.25) is 0 Å². The Labute approximate surface area is 107 Å². The number of nitrogens with one attached hydrogen (secondary N) is 1. The lowest BCUT2D eigenvalue weighted by atomic mass is 10.2. The quantitative estimate of drug-likeness (QED) is 0.778. The maximum atomic E-state index is 11.9. The monoisotopic (exact) mass is 258 g/mol. The van der Waals surface area contributed by atoms with Gasteiger partial charge in [0.15, 0.2) is 4.96 Å². The summed E-state index contributed by atoms with van der Waals surface area (Å²) in [5.41, 5.74) is 1.64. The first kappa shape index (κ1) is 10.9. The van der Waals surface area contributed by atoms with E-state index in [2.05, 4.69) is 15.3 Å². The zero-order chi connectivity index (χ0) is 12.4. The van der Waals surface area contributed by atoms with E-state index < -0.39 is 0 Å². The average Bonchev–Trinajstić information content (AvgIpc) is 3.00. The van der Waals surface area contributed by atoms with Gasteiger partial charge in [-0.3, -0.25) is 14.2 Å². The second-order valence-corrected chi connectivity index (χ2v) is 4.56. The molecule has 90 valence electrons. The summed E-state index contributed by atoms with van der Waals surface area (Å²) in [6, 6.07) is 3.38. The molecule has 3 aromatic heterocycles. The molecule has 0 saturated carbocycles. The standard InChI is InChI=1S/C12H10N4OS/c17-11(9-1-3-13-4-2-9)15-7-10-8-18-12-14-5-6-16(10)12/h1-6,8H,7H2,(H,15,17). The molecular formula is C12H10N4OS. The van der Waals surface area contributed by atoms with Crippen molar-refractivity contribution in [3.8, 4) is 0 Å². The predicted molar refractivity (Wildman–Crippen MR) is 68.5 cm³/mol. The summed E-state index contributed by atoms with van der Waals surface area (Å²) in [4.78, 5) is 20.9. The number of amides is 1. The van der Waals surface area contributed by atoms with Crippen molar-refractivity contribution in [1.29, 1.82) is 0 Å². The minimum absolute atomic E-state index is 0.100. The lowest BCUT2D eigenvalue weighted by Gasteiger charge is -2.04. The van der Waals surface area contributed by atoms with E-state index in [1.54, 1.807) is 42.1 Å². The fourth-order valence-corrected chi connectivity index (χ4v) is 2.53. The van der Waals surface area contributed by atoms with Crippen molar-refractivity contribution in [3.05, 3.63) is 53.6 Å². The Bertz CT molecular complexity index is 674. The largest absolute Gasteiger partial charge is 0.346 e. The maximum absolute atomic E-state index is 11.9. The van der Waals surface area contributed by atoms with Gasteiger partial charge < -0.3 is 5.32 Å². The minimum Gasteiger partial charge on any atom is -0.346 e. The Hall–Kier alpha value is -2.21. The van der Waals surface area contributed by atoms with Gasteiger partial charge >= 0.3 is 0 Å². The summed E-state index contributed by atoms with van der Waals surface area (Å²) in [7, 11) is 0. The van der Waals surface area contributed by atoms with E-state index in [4.69, 9.17) is 0 Å². The maximum Gasteiger partial charge on any atom is 0.251 e. The molecule has 1 amide bonds. The molecule has 0 aliphatic rings. The van der Waals surface area contributed by atoms with Crippen molar-refractivity contribution in [1.82, 2.24) is 19.7 Å². The second kappa shape index (κ2) is 4.58. The molecule has 3 heterocycles. The van der Waals surface area contributed by atoms with Gasteiger partial charge in [-0.1, -0.05) is 0 Å². The number of fused-ring (bicyclic) bond motifs is 1. The summed E-state index contributed by atoms with van der Waals surface area (Å²) < 4.78 is 1.97. The highest BCUT2D eigenvalue weighted by molar-refractivity contribution is 7.15. The topological polar surface area (TPSA) is 59.3 Å². The first-order chi connectivity index (χ1) is 8.84. The molecule has 18 heavy (non-hydrogen) atoms. The molecule has 3 aromatic rings. The van der Waals surface area contributed by atoms with Crippen molar-refractivity contribution >= 4 is 22.2 Å². The van der Waals surface area contributed by atoms with Gasteiger partial charge in [0, 0.05) is 35.7 Å². The van der Waals surface area contributed by atoms with Crippen LogP contribution >= 0.6 is 11.3 Å². The molecular weight excluding hydrogens is 248 g/mol. The van der Waals surface area contributed by atoms with Crippen LogP contribution < -0.4 is 5.32 Å². The number of carbonyl (C=O) groups is 1. The Morgan fingerprint density at radius 3 is 3.00 bits per heavy atom. The SMILES string of the molecule is O=C(NCc1csc2nccn12)c1ccncc1. The Morgan fingerprint density at radius 2 is 2.17 bits per heavy atom. The zero-order valence-corrected chi connectivity index (χ0v) is 10.2. The van der Waals surface area contributed by atoms with Gasteiger partial charge in [0.2, 0.25) is 0 Å². The number of imidazole rings is 1. The van der Waals surface area contributed by atoms with E-state index in [1.165, 1.54) is 0 Å². The Kier molecular flexibility index (Phi) is 2.77. The van der Waals surface area contributed by atoms with Crippen molar-refractivity contribution in [2.45, 2.75) is 6.54 Å². The van der Waals surface area contributed by atoms with Crippen molar-refractivity contribution in [2.24, 2.45) is 0 Å². The predicted octanol–water partition coefficient (Wildman–Crippen LogP) is 1.72. The van der Waals surface area contributed by atoms with Crippen LogP contribution in [0, 0.1) is 0 Å². The third kappa shape index (κ3) is 1.98. The molecule has 0 unspecified atom stereocenters. The van der Waals surface area contributed by atoms with Crippen LogP contribution in [0.4, 0.5) is 0 Å². The Morgan fingerprint density at radius 1 is 1.33 bits per heavy atom. The highest BCUT2D eigenvalue weighted by Crippen LogP contribution is 2.14. The van der Waals surface area contributed by atoms with Crippen LogP contribution in [0.25, 0.3) is 4.96 Å². The number of aromatic nitrogens is 3. The lowest BCUT2D eigenvalue weighted by molar-refractivity contribution is 0.0950. The molecule has 0 aliphatic carbocycles. The summed E-state index contributed by atoms with van der Waals surface area (Å²) in [6.07, 6.45) is 6.85. The number of carbonyl (C=O) groups excluding carboxylic acids is 1. The normalized spacial score (nSPS) is 10.7. The molecule has 0 radical (unpaired) electrons. The molecule has 5 nitrogen and oxygen atoms in total. The molecule has 0 aromatic carbocycles. The van der Waals surface area contributed by atoms with Crippen LogP contribution in [0.3, 0.4) is 0 Å². The van der Waals surface area contributed by atoms with Crippen LogP contribution in [-0.2, 0) is 6.54 Å². The van der Waals surface area contributed by atoms with Gasteiger partial charge in [-0.25, -0.2) is 4.98 Å². The number of hydrogen-bond donors (Lipinski definition) is 1. The first-order valence-corrected chi connectivity index (χ1v) is 6.30. The number of hydrogen-bond acceptors (Lipinski definition) is 4. The highest BCUT2D eigenvalue weighted by Gasteiger charge is 2.07. The summed E-state index contributed by atoms with van der Waals surface area (Å²) in [5.74, 6) is -0.100. The molecule has 1 N–H and O–H groups in total. The van der Waals surface area contributed by atoms with Gasteiger partial charge in [-0.2, -0.15) is 0 Å². The van der Waals surface area contributed by atoms with E-state index in [-0.39, 0.29) is 5.91 Å². The molecule has 0 saturated heterocycles. The number of nitrogens with zero attached hydrogens (tertiary/aromatic N) is 3. The van der Waals surface area contributed by atoms with Crippen LogP contribution in [-0.4, -0.2) is 20.3 Å². The van der Waals surface area contributed by atoms with Gasteiger partial charge in [0.1, 0.15) is 0 Å². The smallest absolute Gasteiger partial charge is 0.251 e. The molecule has 3 rings (SSSR count). The first-order valence-electron chi connectivity index (χ1n) is 5.42. The third-order valence-electron chi connectivity index (χ3n) is 2.59. The Balaban J connectivity index is 1.72. The molecule has 0 atom stereocenters. The molecule has 0 spiro atoms. The molecule has 6 heteroatoms. The van der Waals surface area contributed by atoms with Crippen LogP contribution in [0.15, 0.2) is 42.3 Å². The van der Waals surface area contributed by atoms with E-state index in [9.17, 15) is 4.79 Å². The van der Waals surface area contributed by atoms with Crippen molar-refractivity contribution in [2.75, 3.05) is 0 Å². The lowest BCUT2D eigenvalue weighted by Crippen LogP contribution is -2.23. The van der Waals surface area contributed by atoms with Crippen LogP contribution in [0.5, 0.6) is 0 Å². The van der Waals surface area contributed by atoms with Crippen LogP contribution in [0.1, 0.15) is 16.1 Å². The highest BCUT2D eigenvalue weighted by atomic mass is 32.1. The average molecular weight is 258 g/mol. The van der Waals surface area contributed by atoms with Gasteiger partial charge in [0.25, 0.3) is 5.91 Å². The van der Waals surface area contributed by atoms with Gasteiger partial charge in [-0.05, 0) is 12.1 Å². The van der Waals surface area contributed by atoms with Crippen molar-refractivity contribution in [3.63, 3.8) is 0 Å². The van der Waals surface area contributed by atoms with Gasteiger partial charge in [-0.15, -0.1) is 11.3 Å². The number of rotatable bonds is 3. The summed E-state index contributed by atoms with van der Waals surface area (Å²) in [5, 5.41) is 4.87. The summed E-state index contributed by atoms with van der Waals surface area (Å²) in [6.45, 7) is 0.484. The molecule has 0 aliphatic heterocycles. The van der Waals surface area contributed by atoms with E-state index in [0.29, 0.717) is 12.1 Å². The van der Waals surface area contributed by atoms with E-state index in [0.717, 1.165) is 10.7 Å². The van der Waals surface area contributed by atoms with Crippen molar-refractivity contribution < 1.29 is 4.79 Å². The minimum atomic E-state index is -0.100. The third-order valence-corrected chi connectivity index (χ3v) is 3.49. The summed E-state index contributed by atoms with van der Waals surface area (Å²) >= 11 is 1.56. The molecule has 0 bridgehead atoms. The fraction of sp³-hybridized carbons (Fsp3) is 0.0833. The zero-order valence-electron chi connectivity index (χ0n) is 9.41. The number of thiazole rings is 1. The fourth-order valence-electron chi connectivity index (χ4n) is 1.68. The van der Waals surface area contributed by atoms with E-state index >= 15 is 0 Å². The molecule has 0 fully saturated rings. The van der Waals surface area contributed by atoms with Gasteiger partial charge in [0.05, 0.1) is 12.2 Å². The van der Waals surface area contributed by atoms with E-state index in [1.807, 2.05) is 16.0 Å². The number of pyridine rings is 1.